The number of fused-ring (bicyclic) bond motifs is 5. The van der Waals surface area contributed by atoms with Crippen LogP contribution in [0.1, 0.15) is 22.3 Å². The molecule has 1 aliphatic rings. The first-order valence-electron chi connectivity index (χ1n) is 10.5. The molecule has 0 aliphatic heterocycles. The van der Waals surface area contributed by atoms with E-state index < -0.39 is 4.87 Å². The molecule has 0 saturated carbocycles. The first-order valence-corrected chi connectivity index (χ1v) is 10.9. The van der Waals surface area contributed by atoms with Crippen LogP contribution in [0.25, 0.3) is 33.3 Å². The number of alkyl halides is 1. The van der Waals surface area contributed by atoms with Crippen LogP contribution >= 0.6 is 11.6 Å². The summed E-state index contributed by atoms with van der Waals surface area (Å²) in [7, 11) is 0. The number of nitrogens with zero attached hydrogens (tertiary/aromatic N) is 1. The largest absolute Gasteiger partial charge is 0.247 e. The third kappa shape index (κ3) is 2.60. The number of para-hydroxylation sites is 1. The van der Waals surface area contributed by atoms with E-state index in [9.17, 15) is 0 Å². The van der Waals surface area contributed by atoms with E-state index in [0.29, 0.717) is 0 Å². The number of benzene rings is 4. The molecule has 1 atom stereocenters. The van der Waals surface area contributed by atoms with Crippen molar-refractivity contribution in [2.24, 2.45) is 0 Å². The van der Waals surface area contributed by atoms with Gasteiger partial charge in [0.2, 0.25) is 0 Å². The number of rotatable bonds is 2. The Balaban J connectivity index is 1.81. The SMILES string of the molecule is Cc1ccc(C2(Cl)c3ccccc3-c3c(-c4ccccc4)nc4ccccc4c32)cc1. The molecular formula is C29H20ClN. The van der Waals surface area contributed by atoms with Crippen LogP contribution in [-0.2, 0) is 4.87 Å². The minimum Gasteiger partial charge on any atom is -0.247 e. The predicted molar refractivity (Wildman–Crippen MR) is 130 cm³/mol. The fourth-order valence-corrected chi connectivity index (χ4v) is 5.34. The maximum absolute atomic E-state index is 7.72. The van der Waals surface area contributed by atoms with Crippen LogP contribution in [0.3, 0.4) is 0 Å². The molecule has 0 radical (unpaired) electrons. The van der Waals surface area contributed by atoms with Crippen molar-refractivity contribution in [3.63, 3.8) is 0 Å². The van der Waals surface area contributed by atoms with Crippen molar-refractivity contribution in [2.75, 3.05) is 0 Å². The molecule has 0 spiro atoms. The van der Waals surface area contributed by atoms with E-state index in [4.69, 9.17) is 16.6 Å². The van der Waals surface area contributed by atoms with Crippen molar-refractivity contribution in [3.8, 4) is 22.4 Å². The highest BCUT2D eigenvalue weighted by molar-refractivity contribution is 6.32. The van der Waals surface area contributed by atoms with Crippen molar-refractivity contribution in [1.82, 2.24) is 4.98 Å². The molecule has 6 rings (SSSR count). The zero-order chi connectivity index (χ0) is 21.0. The molecule has 1 unspecified atom stereocenters. The van der Waals surface area contributed by atoms with E-state index in [1.165, 1.54) is 5.56 Å². The molecule has 5 aromatic rings. The Hall–Kier alpha value is -3.42. The second-order valence-corrected chi connectivity index (χ2v) is 8.73. The Labute approximate surface area is 187 Å². The number of aryl methyl sites for hydroxylation is 1. The molecule has 1 nitrogen and oxygen atoms in total. The normalized spacial score (nSPS) is 16.8. The highest BCUT2D eigenvalue weighted by Crippen LogP contribution is 2.58. The summed E-state index contributed by atoms with van der Waals surface area (Å²) in [5.41, 5.74) is 9.89. The molecule has 148 valence electrons. The maximum atomic E-state index is 7.72. The van der Waals surface area contributed by atoms with Crippen LogP contribution in [0.2, 0.25) is 0 Å². The minimum atomic E-state index is -0.772. The third-order valence-electron chi connectivity index (χ3n) is 6.30. The van der Waals surface area contributed by atoms with Gasteiger partial charge in [-0.3, -0.25) is 0 Å². The quantitative estimate of drug-likeness (QED) is 0.268. The van der Waals surface area contributed by atoms with Crippen LogP contribution in [0, 0.1) is 6.92 Å². The predicted octanol–water partition coefficient (Wildman–Crippen LogP) is 7.72. The van der Waals surface area contributed by atoms with E-state index in [1.807, 2.05) is 12.1 Å². The van der Waals surface area contributed by atoms with Gasteiger partial charge in [0, 0.05) is 22.1 Å². The maximum Gasteiger partial charge on any atom is 0.121 e. The zero-order valence-corrected chi connectivity index (χ0v) is 17.9. The summed E-state index contributed by atoms with van der Waals surface area (Å²) in [4.78, 5) is 4.36. The summed E-state index contributed by atoms with van der Waals surface area (Å²) in [6.07, 6.45) is 0. The fraction of sp³-hybridized carbons (Fsp3) is 0.0690. The monoisotopic (exact) mass is 417 g/mol. The van der Waals surface area contributed by atoms with Gasteiger partial charge in [-0.05, 0) is 29.7 Å². The van der Waals surface area contributed by atoms with Gasteiger partial charge in [-0.15, -0.1) is 11.6 Å². The second kappa shape index (κ2) is 6.80. The van der Waals surface area contributed by atoms with Crippen LogP contribution in [0.15, 0.2) is 103 Å². The number of hydrogen-bond donors (Lipinski definition) is 0. The highest BCUT2D eigenvalue weighted by atomic mass is 35.5. The van der Waals surface area contributed by atoms with Gasteiger partial charge in [-0.25, -0.2) is 4.98 Å². The number of hydrogen-bond acceptors (Lipinski definition) is 1. The minimum absolute atomic E-state index is 0.772. The molecule has 1 aromatic heterocycles. The molecule has 2 heteroatoms. The van der Waals surface area contributed by atoms with Crippen molar-refractivity contribution >= 4 is 22.5 Å². The number of aromatic nitrogens is 1. The topological polar surface area (TPSA) is 12.9 Å². The van der Waals surface area contributed by atoms with Crippen molar-refractivity contribution in [3.05, 3.63) is 125 Å². The van der Waals surface area contributed by atoms with Gasteiger partial charge in [-0.2, -0.15) is 0 Å². The Morgan fingerprint density at radius 2 is 1.39 bits per heavy atom. The van der Waals surface area contributed by atoms with E-state index >= 15 is 0 Å². The molecular weight excluding hydrogens is 398 g/mol. The first-order chi connectivity index (χ1) is 15.2. The molecule has 31 heavy (non-hydrogen) atoms. The van der Waals surface area contributed by atoms with Crippen molar-refractivity contribution in [2.45, 2.75) is 11.8 Å². The van der Waals surface area contributed by atoms with Crippen LogP contribution < -0.4 is 0 Å². The van der Waals surface area contributed by atoms with Gasteiger partial charge >= 0.3 is 0 Å². The van der Waals surface area contributed by atoms with E-state index in [-0.39, 0.29) is 0 Å². The molecule has 0 N–H and O–H groups in total. The smallest absolute Gasteiger partial charge is 0.121 e. The van der Waals surface area contributed by atoms with Gasteiger partial charge in [-0.1, -0.05) is 103 Å². The van der Waals surface area contributed by atoms with E-state index in [1.54, 1.807) is 0 Å². The summed E-state index contributed by atoms with van der Waals surface area (Å²) >= 11 is 7.72. The van der Waals surface area contributed by atoms with Crippen molar-refractivity contribution in [1.29, 1.82) is 0 Å². The van der Waals surface area contributed by atoms with Crippen LogP contribution in [0.4, 0.5) is 0 Å². The molecule has 1 heterocycles. The second-order valence-electron chi connectivity index (χ2n) is 8.16. The summed E-state index contributed by atoms with van der Waals surface area (Å²) in [5, 5.41) is 1.10. The summed E-state index contributed by atoms with van der Waals surface area (Å²) in [6, 6.07) is 35.9. The molecule has 1 aliphatic carbocycles. The lowest BCUT2D eigenvalue weighted by Gasteiger charge is -2.27. The summed E-state index contributed by atoms with van der Waals surface area (Å²) in [6.45, 7) is 2.11. The van der Waals surface area contributed by atoms with E-state index in [2.05, 4.69) is 97.9 Å². The van der Waals surface area contributed by atoms with Crippen LogP contribution in [0.5, 0.6) is 0 Å². The number of halogens is 1. The van der Waals surface area contributed by atoms with Gasteiger partial charge in [0.15, 0.2) is 0 Å². The standard InChI is InChI=1S/C29H20ClN/c1-19-15-17-21(18-16-19)29(30)24-13-7-5-11-22(24)26-27(29)23-12-6-8-14-25(23)31-28(26)20-9-3-2-4-10-20/h2-18H,1H3. The lowest BCUT2D eigenvalue weighted by Crippen LogP contribution is -2.20. The van der Waals surface area contributed by atoms with Gasteiger partial charge < -0.3 is 0 Å². The third-order valence-corrected chi connectivity index (χ3v) is 6.91. The molecule has 0 bridgehead atoms. The average molecular weight is 418 g/mol. The molecule has 0 saturated heterocycles. The molecule has 0 amide bonds. The Kier molecular flexibility index (Phi) is 4.03. The highest BCUT2D eigenvalue weighted by Gasteiger charge is 2.45. The number of pyridine rings is 1. The Bertz CT molecular complexity index is 1440. The summed E-state index contributed by atoms with van der Waals surface area (Å²) < 4.78 is 0. The van der Waals surface area contributed by atoms with Gasteiger partial charge in [0.1, 0.15) is 4.87 Å². The Morgan fingerprint density at radius 3 is 2.19 bits per heavy atom. The fourth-order valence-electron chi connectivity index (χ4n) is 4.86. The Morgan fingerprint density at radius 1 is 0.710 bits per heavy atom. The summed E-state index contributed by atoms with van der Waals surface area (Å²) in [5.74, 6) is 0. The van der Waals surface area contributed by atoms with Gasteiger partial charge in [0.05, 0.1) is 11.2 Å². The molecule has 0 fully saturated rings. The average Bonchev–Trinajstić information content (AvgIpc) is 3.10. The van der Waals surface area contributed by atoms with Gasteiger partial charge in [0.25, 0.3) is 0 Å². The molecule has 4 aromatic carbocycles. The lowest BCUT2D eigenvalue weighted by molar-refractivity contribution is 0.919. The lowest BCUT2D eigenvalue weighted by atomic mass is 9.85. The zero-order valence-electron chi connectivity index (χ0n) is 17.1. The van der Waals surface area contributed by atoms with Crippen LogP contribution in [-0.4, -0.2) is 4.98 Å². The first kappa shape index (κ1) is 18.4. The van der Waals surface area contributed by atoms with Crippen molar-refractivity contribution < 1.29 is 0 Å². The van der Waals surface area contributed by atoms with E-state index in [0.717, 1.165) is 50.0 Å².